The van der Waals surface area contributed by atoms with E-state index in [1.165, 1.54) is 0 Å². The molecule has 5 heteroatoms. The molecule has 1 heterocycles. The Morgan fingerprint density at radius 1 is 1.58 bits per heavy atom. The van der Waals surface area contributed by atoms with E-state index < -0.39 is 0 Å². The Morgan fingerprint density at radius 3 is 2.67 bits per heavy atom. The molecule has 4 nitrogen and oxygen atoms in total. The maximum atomic E-state index is 10.7. The molecule has 1 aliphatic heterocycles. The van der Waals surface area contributed by atoms with Gasteiger partial charge in [-0.05, 0) is 6.92 Å². The molecule has 0 aliphatic carbocycles. The second-order valence-electron chi connectivity index (χ2n) is 2.40. The predicted octanol–water partition coefficient (Wildman–Crippen LogP) is -0.0403. The van der Waals surface area contributed by atoms with Crippen molar-refractivity contribution in [2.75, 3.05) is 26.3 Å². The normalized spacial score (nSPS) is 16.1. The molecule has 0 aromatic heterocycles. The molecule has 72 valence electrons. The molecule has 1 saturated heterocycles. The number of hydrogen-bond donors (Lipinski definition) is 1. The van der Waals surface area contributed by atoms with E-state index in [2.05, 4.69) is 10.1 Å². The second-order valence-corrected chi connectivity index (χ2v) is 2.40. The molecule has 1 aliphatic rings. The molecule has 0 saturated carbocycles. The summed E-state index contributed by atoms with van der Waals surface area (Å²) in [6.07, 6.45) is 0.208. The lowest BCUT2D eigenvalue weighted by Crippen LogP contribution is -2.49. The number of halogens is 1. The third-order valence-electron chi connectivity index (χ3n) is 1.49. The van der Waals surface area contributed by atoms with E-state index in [-0.39, 0.29) is 31.1 Å². The second kappa shape index (κ2) is 6.22. The van der Waals surface area contributed by atoms with Gasteiger partial charge < -0.3 is 14.8 Å². The summed E-state index contributed by atoms with van der Waals surface area (Å²) >= 11 is 0. The van der Waals surface area contributed by atoms with Gasteiger partial charge in [0.25, 0.3) is 0 Å². The van der Waals surface area contributed by atoms with E-state index >= 15 is 0 Å². The van der Waals surface area contributed by atoms with E-state index in [0.717, 1.165) is 13.1 Å². The monoisotopic (exact) mass is 195 g/mol. The van der Waals surface area contributed by atoms with Crippen molar-refractivity contribution in [3.63, 3.8) is 0 Å². The van der Waals surface area contributed by atoms with Gasteiger partial charge in [0.1, 0.15) is 6.61 Å². The number of hydrogen-bond acceptors (Lipinski definition) is 4. The molecule has 0 aromatic carbocycles. The molecule has 1 N–H and O–H groups in total. The van der Waals surface area contributed by atoms with Crippen LogP contribution in [-0.4, -0.2) is 38.4 Å². The number of rotatable bonds is 4. The quantitative estimate of drug-likeness (QED) is 0.640. The highest BCUT2D eigenvalue weighted by Crippen LogP contribution is 1.97. The van der Waals surface area contributed by atoms with Crippen molar-refractivity contribution in [3.05, 3.63) is 0 Å². The Labute approximate surface area is 78.0 Å². The van der Waals surface area contributed by atoms with Crippen LogP contribution in [0.3, 0.4) is 0 Å². The molecular weight excluding hydrogens is 182 g/mol. The van der Waals surface area contributed by atoms with Crippen molar-refractivity contribution in [2.45, 2.75) is 13.0 Å². The summed E-state index contributed by atoms with van der Waals surface area (Å²) in [4.78, 5) is 10.7. The van der Waals surface area contributed by atoms with Crippen molar-refractivity contribution in [1.82, 2.24) is 5.32 Å². The summed E-state index contributed by atoms with van der Waals surface area (Å²) in [5, 5.41) is 3.04. The van der Waals surface area contributed by atoms with E-state index in [4.69, 9.17) is 4.74 Å². The summed E-state index contributed by atoms with van der Waals surface area (Å²) in [5.41, 5.74) is 0. The molecule has 0 unspecified atom stereocenters. The molecule has 0 spiro atoms. The van der Waals surface area contributed by atoms with Gasteiger partial charge in [-0.1, -0.05) is 0 Å². The maximum Gasteiger partial charge on any atom is 0.332 e. The lowest BCUT2D eigenvalue weighted by atomic mass is 10.2. The number of esters is 1. The van der Waals surface area contributed by atoms with Crippen LogP contribution >= 0.6 is 12.4 Å². The van der Waals surface area contributed by atoms with Crippen molar-refractivity contribution in [2.24, 2.45) is 0 Å². The first kappa shape index (κ1) is 11.7. The number of carbonyl (C=O) groups is 1. The first-order valence-corrected chi connectivity index (χ1v) is 3.81. The summed E-state index contributed by atoms with van der Waals surface area (Å²) in [6, 6.07) is 0. The van der Waals surface area contributed by atoms with E-state index in [0.29, 0.717) is 6.61 Å². The highest BCUT2D eigenvalue weighted by Gasteiger charge is 2.18. The van der Waals surface area contributed by atoms with Crippen LogP contribution in [0.25, 0.3) is 0 Å². The van der Waals surface area contributed by atoms with Crippen molar-refractivity contribution in [1.29, 1.82) is 0 Å². The first-order valence-electron chi connectivity index (χ1n) is 3.81. The van der Waals surface area contributed by atoms with Crippen LogP contribution in [-0.2, 0) is 14.3 Å². The molecule has 0 bridgehead atoms. The lowest BCUT2D eigenvalue weighted by molar-refractivity contribution is -0.151. The van der Waals surface area contributed by atoms with Crippen molar-refractivity contribution in [3.8, 4) is 0 Å². The van der Waals surface area contributed by atoms with Crippen LogP contribution in [0.1, 0.15) is 6.92 Å². The summed E-state index contributed by atoms with van der Waals surface area (Å²) in [6.45, 7) is 3.98. The molecule has 1 rings (SSSR count). The molecule has 0 aromatic rings. The van der Waals surface area contributed by atoms with E-state index in [1.54, 1.807) is 6.92 Å². The highest BCUT2D eigenvalue weighted by atomic mass is 35.5. The molecule has 1 fully saturated rings. The van der Waals surface area contributed by atoms with Gasteiger partial charge in [-0.25, -0.2) is 4.79 Å². The smallest absolute Gasteiger partial charge is 0.332 e. The summed E-state index contributed by atoms with van der Waals surface area (Å²) < 4.78 is 9.83. The fraction of sp³-hybridized carbons (Fsp3) is 0.857. The van der Waals surface area contributed by atoms with Crippen LogP contribution in [0.15, 0.2) is 0 Å². The van der Waals surface area contributed by atoms with E-state index in [9.17, 15) is 4.79 Å². The maximum absolute atomic E-state index is 10.7. The molecule has 0 radical (unpaired) electrons. The standard InChI is InChI=1S/C7H13NO3.ClH/c1-2-10-7(9)5-11-6-3-8-4-6;/h6,8H,2-5H2,1H3;1H. The topological polar surface area (TPSA) is 47.6 Å². The number of nitrogens with one attached hydrogen (secondary N) is 1. The van der Waals surface area contributed by atoms with Gasteiger partial charge in [-0.15, -0.1) is 12.4 Å². The third-order valence-corrected chi connectivity index (χ3v) is 1.49. The number of ether oxygens (including phenoxy) is 2. The Balaban J connectivity index is 0.00000121. The average Bonchev–Trinajstić information content (AvgIpc) is 1.85. The van der Waals surface area contributed by atoms with Gasteiger partial charge in [-0.3, -0.25) is 0 Å². The van der Waals surface area contributed by atoms with Crippen molar-refractivity contribution >= 4 is 18.4 Å². The lowest BCUT2D eigenvalue weighted by Gasteiger charge is -2.26. The van der Waals surface area contributed by atoms with Gasteiger partial charge >= 0.3 is 5.97 Å². The molecule has 0 amide bonds. The zero-order chi connectivity index (χ0) is 8.10. The largest absolute Gasteiger partial charge is 0.464 e. The molecule has 12 heavy (non-hydrogen) atoms. The average molecular weight is 196 g/mol. The SMILES string of the molecule is CCOC(=O)COC1CNC1.Cl. The predicted molar refractivity (Wildman–Crippen MR) is 46.5 cm³/mol. The minimum Gasteiger partial charge on any atom is -0.464 e. The highest BCUT2D eigenvalue weighted by molar-refractivity contribution is 5.85. The Bertz CT molecular complexity index is 139. The zero-order valence-electron chi connectivity index (χ0n) is 7.04. The minimum atomic E-state index is -0.278. The Kier molecular flexibility index (Phi) is 6.06. The van der Waals surface area contributed by atoms with Crippen LogP contribution in [0.5, 0.6) is 0 Å². The summed E-state index contributed by atoms with van der Waals surface area (Å²) in [7, 11) is 0. The first-order chi connectivity index (χ1) is 5.33. The zero-order valence-corrected chi connectivity index (χ0v) is 7.86. The van der Waals surface area contributed by atoms with Crippen LogP contribution in [0.4, 0.5) is 0 Å². The van der Waals surface area contributed by atoms with E-state index in [1.807, 2.05) is 0 Å². The van der Waals surface area contributed by atoms with Crippen molar-refractivity contribution < 1.29 is 14.3 Å². The van der Waals surface area contributed by atoms with Gasteiger partial charge in [0.05, 0.1) is 12.7 Å². The van der Waals surface area contributed by atoms with Gasteiger partial charge in [0.15, 0.2) is 0 Å². The summed E-state index contributed by atoms with van der Waals surface area (Å²) in [5.74, 6) is -0.278. The minimum absolute atomic E-state index is 0. The Hall–Kier alpha value is -0.320. The van der Waals surface area contributed by atoms with Crippen LogP contribution < -0.4 is 5.32 Å². The van der Waals surface area contributed by atoms with Gasteiger partial charge in [-0.2, -0.15) is 0 Å². The molecular formula is C7H14ClNO3. The fourth-order valence-corrected chi connectivity index (χ4v) is 0.769. The third kappa shape index (κ3) is 3.90. The Morgan fingerprint density at radius 2 is 2.25 bits per heavy atom. The number of carbonyl (C=O) groups excluding carboxylic acids is 1. The van der Waals surface area contributed by atoms with Gasteiger partial charge in [0.2, 0.25) is 0 Å². The van der Waals surface area contributed by atoms with Crippen LogP contribution in [0, 0.1) is 0 Å². The van der Waals surface area contributed by atoms with Crippen LogP contribution in [0.2, 0.25) is 0 Å². The fourth-order valence-electron chi connectivity index (χ4n) is 0.769. The molecule has 0 atom stereocenters. The van der Waals surface area contributed by atoms with Gasteiger partial charge in [0, 0.05) is 13.1 Å².